The molecule has 1 unspecified atom stereocenters. The summed E-state index contributed by atoms with van der Waals surface area (Å²) in [6.45, 7) is 6.65. The van der Waals surface area contributed by atoms with E-state index in [4.69, 9.17) is 0 Å². The average molecular weight is 590 g/mol. The maximum absolute atomic E-state index is 13.8. The molecule has 0 spiro atoms. The van der Waals surface area contributed by atoms with Crippen LogP contribution in [-0.4, -0.2) is 44.3 Å². The van der Waals surface area contributed by atoms with E-state index in [0.717, 1.165) is 17.7 Å². The van der Waals surface area contributed by atoms with Gasteiger partial charge in [-0.25, -0.2) is 8.42 Å². The maximum Gasteiger partial charge on any atom is 0.416 e. The number of carbonyl (C=O) groups excluding carboxylic acids is 2. The fourth-order valence-corrected chi connectivity index (χ4v) is 5.42. The summed E-state index contributed by atoms with van der Waals surface area (Å²) in [5.74, 6) is -1.04. The molecule has 11 heteroatoms. The third kappa shape index (κ3) is 8.32. The fourth-order valence-electron chi connectivity index (χ4n) is 4.02. The first-order chi connectivity index (χ1) is 19.2. The zero-order valence-electron chi connectivity index (χ0n) is 23.4. The highest BCUT2D eigenvalue weighted by molar-refractivity contribution is 7.92. The van der Waals surface area contributed by atoms with Crippen LogP contribution in [0.15, 0.2) is 83.8 Å². The summed E-state index contributed by atoms with van der Waals surface area (Å²) in [5.41, 5.74) is 0.0803. The topological polar surface area (TPSA) is 86.8 Å². The number of alkyl halides is 3. The monoisotopic (exact) mass is 589 g/mol. The van der Waals surface area contributed by atoms with Crippen LogP contribution in [0.2, 0.25) is 0 Å². The Morgan fingerprint density at radius 2 is 1.54 bits per heavy atom. The molecular formula is C30H34F3N3O4S. The van der Waals surface area contributed by atoms with Crippen molar-refractivity contribution in [1.29, 1.82) is 0 Å². The molecular weight excluding hydrogens is 555 g/mol. The van der Waals surface area contributed by atoms with E-state index in [1.54, 1.807) is 49.4 Å². The van der Waals surface area contributed by atoms with E-state index in [0.29, 0.717) is 22.5 Å². The molecule has 0 saturated heterocycles. The van der Waals surface area contributed by atoms with E-state index < -0.39 is 46.2 Å². The van der Waals surface area contributed by atoms with Gasteiger partial charge in [0, 0.05) is 13.1 Å². The molecule has 0 fully saturated rings. The number of anilines is 1. The summed E-state index contributed by atoms with van der Waals surface area (Å²) in [5, 5.41) is 2.78. The van der Waals surface area contributed by atoms with Gasteiger partial charge in [0.05, 0.1) is 16.1 Å². The van der Waals surface area contributed by atoms with Gasteiger partial charge in [0.1, 0.15) is 12.6 Å². The van der Waals surface area contributed by atoms with Gasteiger partial charge >= 0.3 is 6.18 Å². The quantitative estimate of drug-likeness (QED) is 0.325. The van der Waals surface area contributed by atoms with Crippen LogP contribution in [-0.2, 0) is 32.3 Å². The van der Waals surface area contributed by atoms with Crippen LogP contribution in [0, 0.1) is 12.8 Å². The standard InChI is InChI=1S/C30H34F3N3O4S/c1-21(2)18-34-29(38)23(4)35(19-24-9-6-5-7-10-24)28(37)20-36(26-12-8-11-25(17-26)30(31,32)33)41(39,40)27-15-13-22(3)14-16-27/h5-17,21,23H,18-20H2,1-4H3,(H,34,38). The molecule has 3 aromatic rings. The number of halogens is 3. The Hall–Kier alpha value is -3.86. The lowest BCUT2D eigenvalue weighted by Gasteiger charge is -2.32. The number of nitrogens with zero attached hydrogens (tertiary/aromatic N) is 2. The number of hydrogen-bond acceptors (Lipinski definition) is 4. The average Bonchev–Trinajstić information content (AvgIpc) is 2.93. The molecule has 0 aromatic heterocycles. The van der Waals surface area contributed by atoms with Gasteiger partial charge < -0.3 is 10.2 Å². The van der Waals surface area contributed by atoms with Crippen molar-refractivity contribution in [3.8, 4) is 0 Å². The summed E-state index contributed by atoms with van der Waals surface area (Å²) in [7, 11) is -4.48. The summed E-state index contributed by atoms with van der Waals surface area (Å²) in [6.07, 6.45) is -4.73. The summed E-state index contributed by atoms with van der Waals surface area (Å²) >= 11 is 0. The number of aryl methyl sites for hydroxylation is 1. The van der Waals surface area contributed by atoms with Crippen LogP contribution in [0.25, 0.3) is 0 Å². The molecule has 1 atom stereocenters. The largest absolute Gasteiger partial charge is 0.416 e. The van der Waals surface area contributed by atoms with Gasteiger partial charge in [-0.2, -0.15) is 13.2 Å². The number of rotatable bonds is 11. The molecule has 0 saturated carbocycles. The first kappa shape index (κ1) is 31.7. The van der Waals surface area contributed by atoms with Gasteiger partial charge in [-0.1, -0.05) is 67.9 Å². The highest BCUT2D eigenvalue weighted by atomic mass is 32.2. The number of sulfonamides is 1. The van der Waals surface area contributed by atoms with Gasteiger partial charge in [-0.05, 0) is 55.7 Å². The maximum atomic E-state index is 13.8. The molecule has 3 aromatic carbocycles. The van der Waals surface area contributed by atoms with Crippen LogP contribution in [0.5, 0.6) is 0 Å². The smallest absolute Gasteiger partial charge is 0.354 e. The molecule has 0 aliphatic heterocycles. The second kappa shape index (κ2) is 13.2. The summed E-state index contributed by atoms with van der Waals surface area (Å²) in [4.78, 5) is 27.9. The Balaban J connectivity index is 2.06. The van der Waals surface area contributed by atoms with Crippen molar-refractivity contribution >= 4 is 27.5 Å². The molecule has 0 heterocycles. The highest BCUT2D eigenvalue weighted by Gasteiger charge is 2.35. The fraction of sp³-hybridized carbons (Fsp3) is 0.333. The molecule has 1 N–H and O–H groups in total. The third-order valence-electron chi connectivity index (χ3n) is 6.40. The lowest BCUT2D eigenvalue weighted by molar-refractivity contribution is -0.139. The van der Waals surface area contributed by atoms with E-state index in [1.165, 1.54) is 30.0 Å². The van der Waals surface area contributed by atoms with Gasteiger partial charge in [0.15, 0.2) is 0 Å². The third-order valence-corrected chi connectivity index (χ3v) is 8.18. The Morgan fingerprint density at radius 3 is 2.12 bits per heavy atom. The minimum atomic E-state index is -4.73. The zero-order chi connectivity index (χ0) is 30.4. The minimum Gasteiger partial charge on any atom is -0.354 e. The second-order valence-electron chi connectivity index (χ2n) is 10.2. The zero-order valence-corrected chi connectivity index (χ0v) is 24.2. The van der Waals surface area contributed by atoms with Crippen molar-refractivity contribution in [2.75, 3.05) is 17.4 Å². The summed E-state index contributed by atoms with van der Waals surface area (Å²) in [6, 6.07) is 17.4. The SMILES string of the molecule is Cc1ccc(S(=O)(=O)N(CC(=O)N(Cc2ccccc2)C(C)C(=O)NCC(C)C)c2cccc(C(F)(F)F)c2)cc1. The van der Waals surface area contributed by atoms with Crippen LogP contribution in [0.3, 0.4) is 0 Å². The lowest BCUT2D eigenvalue weighted by Crippen LogP contribution is -2.51. The molecule has 0 aliphatic rings. The molecule has 0 bridgehead atoms. The first-order valence-corrected chi connectivity index (χ1v) is 14.5. The molecule has 0 aliphatic carbocycles. The molecule has 41 heavy (non-hydrogen) atoms. The van der Waals surface area contributed by atoms with Crippen LogP contribution >= 0.6 is 0 Å². The number of hydrogen-bond donors (Lipinski definition) is 1. The number of amides is 2. The highest BCUT2D eigenvalue weighted by Crippen LogP contribution is 2.33. The van der Waals surface area contributed by atoms with E-state index >= 15 is 0 Å². The Kier molecular flexibility index (Phi) is 10.2. The molecule has 0 radical (unpaired) electrons. The van der Waals surface area contributed by atoms with Crippen molar-refractivity contribution in [1.82, 2.24) is 10.2 Å². The minimum absolute atomic E-state index is 0.0169. The normalized spacial score (nSPS) is 12.6. The molecule has 220 valence electrons. The Labute approximate surface area is 239 Å². The summed E-state index contributed by atoms with van der Waals surface area (Å²) < 4.78 is 68.9. The van der Waals surface area contributed by atoms with Crippen LogP contribution < -0.4 is 9.62 Å². The number of benzene rings is 3. The van der Waals surface area contributed by atoms with Crippen molar-refractivity contribution in [3.05, 3.63) is 95.6 Å². The Morgan fingerprint density at radius 1 is 0.902 bits per heavy atom. The van der Waals surface area contributed by atoms with Crippen molar-refractivity contribution in [3.63, 3.8) is 0 Å². The number of carbonyl (C=O) groups is 2. The molecule has 2 amide bonds. The van der Waals surface area contributed by atoms with Crippen molar-refractivity contribution < 1.29 is 31.2 Å². The van der Waals surface area contributed by atoms with E-state index in [2.05, 4.69) is 5.32 Å². The van der Waals surface area contributed by atoms with Gasteiger partial charge in [0.25, 0.3) is 10.0 Å². The lowest BCUT2D eigenvalue weighted by atomic mass is 10.1. The molecule has 3 rings (SSSR count). The number of nitrogens with one attached hydrogen (secondary N) is 1. The predicted octanol–water partition coefficient (Wildman–Crippen LogP) is 5.40. The first-order valence-electron chi connectivity index (χ1n) is 13.1. The molecule has 7 nitrogen and oxygen atoms in total. The van der Waals surface area contributed by atoms with E-state index in [1.807, 2.05) is 13.8 Å². The van der Waals surface area contributed by atoms with Crippen molar-refractivity contribution in [2.24, 2.45) is 5.92 Å². The van der Waals surface area contributed by atoms with Gasteiger partial charge in [-0.15, -0.1) is 0 Å². The second-order valence-corrected chi connectivity index (χ2v) is 12.1. The van der Waals surface area contributed by atoms with Gasteiger partial charge in [0.2, 0.25) is 11.8 Å². The van der Waals surface area contributed by atoms with Crippen molar-refractivity contribution in [2.45, 2.75) is 51.4 Å². The van der Waals surface area contributed by atoms with E-state index in [-0.39, 0.29) is 23.0 Å². The van der Waals surface area contributed by atoms with E-state index in [9.17, 15) is 31.2 Å². The van der Waals surface area contributed by atoms with Crippen LogP contribution in [0.1, 0.15) is 37.5 Å². The van der Waals surface area contributed by atoms with Crippen LogP contribution in [0.4, 0.5) is 18.9 Å². The predicted molar refractivity (Wildman–Crippen MR) is 151 cm³/mol. The van der Waals surface area contributed by atoms with Gasteiger partial charge in [-0.3, -0.25) is 13.9 Å². The Bertz CT molecular complexity index is 1440.